The fourth-order valence-electron chi connectivity index (χ4n) is 0.689. The van der Waals surface area contributed by atoms with E-state index in [2.05, 4.69) is 13.0 Å². The molecule has 0 aromatic heterocycles. The summed E-state index contributed by atoms with van der Waals surface area (Å²) in [6.45, 7) is 2.05. The van der Waals surface area contributed by atoms with E-state index in [0.29, 0.717) is 0 Å². The van der Waals surface area contributed by atoms with Gasteiger partial charge in [-0.2, -0.15) is 0 Å². The molecule has 11 heavy (non-hydrogen) atoms. The van der Waals surface area contributed by atoms with E-state index in [9.17, 15) is 0 Å². The topological polar surface area (TPSA) is 46.2 Å². The third-order valence-corrected chi connectivity index (χ3v) is 1.93. The smallest absolute Gasteiger partial charge is 0.0319 e. The molecule has 62 valence electrons. The molecule has 0 spiro atoms. The van der Waals surface area contributed by atoms with Crippen molar-refractivity contribution in [3.63, 3.8) is 0 Å². The van der Waals surface area contributed by atoms with Crippen molar-refractivity contribution in [1.29, 1.82) is 0 Å². The van der Waals surface area contributed by atoms with Gasteiger partial charge in [0.1, 0.15) is 0 Å². The Balaban J connectivity index is 0.000000461. The van der Waals surface area contributed by atoms with Gasteiger partial charge in [0.05, 0.1) is 0 Å². The Labute approximate surface area is 71.6 Å². The molecule has 1 aromatic carbocycles. The van der Waals surface area contributed by atoms with Crippen molar-refractivity contribution < 1.29 is 5.11 Å². The molecule has 0 heterocycles. The molecule has 1 rings (SSSR count). The second-order valence-corrected chi connectivity index (χ2v) is 2.56. The lowest BCUT2D eigenvalue weighted by Crippen LogP contribution is -1.81. The Morgan fingerprint density at radius 1 is 1.27 bits per heavy atom. The van der Waals surface area contributed by atoms with Gasteiger partial charge in [-0.1, -0.05) is 18.2 Å². The van der Waals surface area contributed by atoms with Crippen LogP contribution in [0.3, 0.4) is 0 Å². The minimum atomic E-state index is 1.00. The minimum absolute atomic E-state index is 1.00. The highest BCUT2D eigenvalue weighted by atomic mass is 32.2. The van der Waals surface area contributed by atoms with Crippen LogP contribution in [-0.2, 0) is 0 Å². The summed E-state index contributed by atoms with van der Waals surface area (Å²) in [5, 5.41) is 12.4. The number of rotatable bonds is 1. The first-order chi connectivity index (χ1) is 5.34. The van der Waals surface area contributed by atoms with Gasteiger partial charge in [-0.05, 0) is 30.5 Å². The largest absolute Gasteiger partial charge is 0.400 e. The highest BCUT2D eigenvalue weighted by molar-refractivity contribution is 7.97. The Kier molecular flexibility index (Phi) is 5.93. The number of hydrogen-bond acceptors (Lipinski definition) is 3. The summed E-state index contributed by atoms with van der Waals surface area (Å²) >= 11 is 1.30. The molecule has 0 fully saturated rings. The molecular weight excluding hydrogens is 158 g/mol. The van der Waals surface area contributed by atoms with Crippen LogP contribution in [0.15, 0.2) is 29.2 Å². The third-order valence-electron chi connectivity index (χ3n) is 1.22. The highest BCUT2D eigenvalue weighted by Crippen LogP contribution is 2.15. The van der Waals surface area contributed by atoms with E-state index < -0.39 is 0 Å². The van der Waals surface area contributed by atoms with E-state index in [1.807, 2.05) is 18.2 Å². The van der Waals surface area contributed by atoms with Crippen LogP contribution >= 0.6 is 11.9 Å². The van der Waals surface area contributed by atoms with Crippen molar-refractivity contribution in [3.8, 4) is 0 Å². The van der Waals surface area contributed by atoms with E-state index in [0.717, 1.165) is 12.0 Å². The Morgan fingerprint density at radius 2 is 1.82 bits per heavy atom. The number of hydrogen-bond donors (Lipinski definition) is 2. The summed E-state index contributed by atoms with van der Waals surface area (Å²) in [6, 6.07) is 8.06. The van der Waals surface area contributed by atoms with E-state index >= 15 is 0 Å². The molecule has 0 radical (unpaired) electrons. The predicted molar refractivity (Wildman–Crippen MR) is 49.4 cm³/mol. The monoisotopic (exact) mass is 171 g/mol. The lowest BCUT2D eigenvalue weighted by Gasteiger charge is -1.97. The van der Waals surface area contributed by atoms with Gasteiger partial charge in [0, 0.05) is 12.0 Å². The van der Waals surface area contributed by atoms with Gasteiger partial charge >= 0.3 is 0 Å². The summed E-state index contributed by atoms with van der Waals surface area (Å²) in [7, 11) is 1.00. The number of benzene rings is 1. The molecular formula is C8H13NOS. The Hall–Kier alpha value is -0.510. The third kappa shape index (κ3) is 3.41. The van der Waals surface area contributed by atoms with Crippen LogP contribution in [0.1, 0.15) is 5.56 Å². The maximum absolute atomic E-state index is 7.00. The minimum Gasteiger partial charge on any atom is -0.400 e. The summed E-state index contributed by atoms with van der Waals surface area (Å²) in [5.41, 5.74) is 1.24. The predicted octanol–water partition coefficient (Wildman–Crippen LogP) is 1.57. The zero-order chi connectivity index (χ0) is 8.69. The highest BCUT2D eigenvalue weighted by Gasteiger charge is 1.90. The fraction of sp³-hybridized carbons (Fsp3) is 0.250. The average molecular weight is 171 g/mol. The van der Waals surface area contributed by atoms with Crippen LogP contribution in [0.5, 0.6) is 0 Å². The molecule has 0 saturated carbocycles. The van der Waals surface area contributed by atoms with E-state index in [1.54, 1.807) is 0 Å². The van der Waals surface area contributed by atoms with Crippen molar-refractivity contribution in [1.82, 2.24) is 0 Å². The van der Waals surface area contributed by atoms with Gasteiger partial charge in [0.2, 0.25) is 0 Å². The van der Waals surface area contributed by atoms with Gasteiger partial charge < -0.3 is 5.11 Å². The normalized spacial score (nSPS) is 8.36. The first kappa shape index (κ1) is 10.5. The van der Waals surface area contributed by atoms with Gasteiger partial charge in [-0.25, -0.2) is 0 Å². The average Bonchev–Trinajstić information content (AvgIpc) is 2.09. The van der Waals surface area contributed by atoms with Crippen molar-refractivity contribution in [2.24, 2.45) is 5.14 Å². The standard InChI is InChI=1S/C7H9NS.CH4O/c1-6-4-2-3-5-7(6)9-8;1-2/h2-5H,8H2,1H3;2H,1H3. The van der Waals surface area contributed by atoms with Gasteiger partial charge in [0.15, 0.2) is 0 Å². The molecule has 0 atom stereocenters. The summed E-state index contributed by atoms with van der Waals surface area (Å²) < 4.78 is 0. The summed E-state index contributed by atoms with van der Waals surface area (Å²) in [5.74, 6) is 0. The Morgan fingerprint density at radius 3 is 2.18 bits per heavy atom. The van der Waals surface area contributed by atoms with Crippen LogP contribution < -0.4 is 5.14 Å². The Bertz CT molecular complexity index is 203. The number of aliphatic hydroxyl groups is 1. The molecule has 0 aliphatic heterocycles. The molecule has 0 amide bonds. The quantitative estimate of drug-likeness (QED) is 0.630. The maximum Gasteiger partial charge on any atom is 0.0319 e. The van der Waals surface area contributed by atoms with Crippen molar-refractivity contribution in [2.45, 2.75) is 11.8 Å². The maximum atomic E-state index is 7.00. The zero-order valence-corrected chi connectivity index (χ0v) is 7.56. The molecule has 1 aromatic rings. The van der Waals surface area contributed by atoms with Crippen LogP contribution in [0, 0.1) is 6.92 Å². The number of aryl methyl sites for hydroxylation is 1. The van der Waals surface area contributed by atoms with Gasteiger partial charge in [0.25, 0.3) is 0 Å². The first-order valence-corrected chi connectivity index (χ1v) is 4.09. The summed E-state index contributed by atoms with van der Waals surface area (Å²) in [4.78, 5) is 1.15. The molecule has 0 bridgehead atoms. The van der Waals surface area contributed by atoms with Crippen molar-refractivity contribution in [3.05, 3.63) is 29.8 Å². The first-order valence-electron chi connectivity index (χ1n) is 3.21. The van der Waals surface area contributed by atoms with Gasteiger partial charge in [-0.15, -0.1) is 0 Å². The zero-order valence-electron chi connectivity index (χ0n) is 6.74. The van der Waals surface area contributed by atoms with Crippen molar-refractivity contribution in [2.75, 3.05) is 7.11 Å². The van der Waals surface area contributed by atoms with E-state index in [-0.39, 0.29) is 0 Å². The molecule has 0 unspecified atom stereocenters. The second-order valence-electron chi connectivity index (χ2n) is 1.88. The van der Waals surface area contributed by atoms with E-state index in [1.165, 1.54) is 17.5 Å². The molecule has 3 heteroatoms. The molecule has 3 N–H and O–H groups in total. The van der Waals surface area contributed by atoms with Crippen molar-refractivity contribution >= 4 is 11.9 Å². The van der Waals surface area contributed by atoms with Crippen LogP contribution in [0.25, 0.3) is 0 Å². The van der Waals surface area contributed by atoms with E-state index in [4.69, 9.17) is 10.2 Å². The number of nitrogens with two attached hydrogens (primary N) is 1. The number of aliphatic hydroxyl groups excluding tert-OH is 1. The van der Waals surface area contributed by atoms with Crippen LogP contribution in [0.4, 0.5) is 0 Å². The second kappa shape index (κ2) is 6.22. The molecule has 0 saturated heterocycles. The van der Waals surface area contributed by atoms with Crippen LogP contribution in [0.2, 0.25) is 0 Å². The molecule has 0 aliphatic rings. The molecule has 0 aliphatic carbocycles. The lowest BCUT2D eigenvalue weighted by molar-refractivity contribution is 0.399. The molecule has 2 nitrogen and oxygen atoms in total. The van der Waals surface area contributed by atoms with Crippen LogP contribution in [-0.4, -0.2) is 12.2 Å². The SMILES string of the molecule is CO.Cc1ccccc1SN. The summed E-state index contributed by atoms with van der Waals surface area (Å²) in [6.07, 6.45) is 0. The lowest BCUT2D eigenvalue weighted by atomic mass is 10.2. The fourth-order valence-corrected chi connectivity index (χ4v) is 1.10. The van der Waals surface area contributed by atoms with Gasteiger partial charge in [-0.3, -0.25) is 5.14 Å².